The van der Waals surface area contributed by atoms with Gasteiger partial charge in [0.05, 0.1) is 23.7 Å². The van der Waals surface area contributed by atoms with Gasteiger partial charge in [-0.15, -0.1) is 0 Å². The second-order valence-corrected chi connectivity index (χ2v) is 8.82. The van der Waals surface area contributed by atoms with Gasteiger partial charge in [0, 0.05) is 9.13 Å². The molecule has 1 fully saturated rings. The standard InChI is InChI=1S/C21H15F9INO2/c1-10-17(11-4-14(20(25,26)27)7-15(5-11)21(28,29)30)34-18(33)32(10)8-12-6-13(2-3-16(12)31)19(23,24)9-22/h2-7,10,17H,8-9H2,1H3/t10-,17-/m0/s1. The number of nitrogens with zero attached hydrogens (tertiary/aromatic N) is 1. The maximum Gasteiger partial charge on any atom is 0.416 e. The van der Waals surface area contributed by atoms with Crippen LogP contribution in [0.5, 0.6) is 0 Å². The number of hydrogen-bond donors (Lipinski definition) is 0. The Morgan fingerprint density at radius 2 is 1.47 bits per heavy atom. The zero-order chi connectivity index (χ0) is 25.6. The molecule has 0 aromatic heterocycles. The van der Waals surface area contributed by atoms with Gasteiger partial charge >= 0.3 is 24.4 Å². The van der Waals surface area contributed by atoms with Crippen LogP contribution in [0.15, 0.2) is 36.4 Å². The van der Waals surface area contributed by atoms with Gasteiger partial charge in [-0.2, -0.15) is 35.1 Å². The summed E-state index contributed by atoms with van der Waals surface area (Å²) in [5.74, 6) is -3.77. The zero-order valence-corrected chi connectivity index (χ0v) is 19.2. The third-order valence-corrected chi connectivity index (χ3v) is 6.36. The maximum absolute atomic E-state index is 13.7. The quantitative estimate of drug-likeness (QED) is 0.260. The van der Waals surface area contributed by atoms with Gasteiger partial charge in [-0.1, -0.05) is 6.07 Å². The SMILES string of the molecule is C[C@H]1[C@@H](c2cc(C(F)(F)F)cc(C(F)(F)F)c2)OC(=O)N1Cc1cc(C(F)(F)CF)ccc1I. The summed E-state index contributed by atoms with van der Waals surface area (Å²) in [6.07, 6.45) is -12.7. The minimum absolute atomic E-state index is 0.0401. The Kier molecular flexibility index (Phi) is 7.08. The highest BCUT2D eigenvalue weighted by atomic mass is 127. The largest absolute Gasteiger partial charge is 0.439 e. The summed E-state index contributed by atoms with van der Waals surface area (Å²) < 4.78 is 125. The minimum atomic E-state index is -5.08. The number of carbonyl (C=O) groups excluding carboxylic acids is 1. The summed E-state index contributed by atoms with van der Waals surface area (Å²) in [6.45, 7) is -0.944. The molecule has 1 saturated heterocycles. The second kappa shape index (κ2) is 9.11. The van der Waals surface area contributed by atoms with E-state index in [1.165, 1.54) is 13.0 Å². The molecule has 2 aromatic carbocycles. The summed E-state index contributed by atoms with van der Waals surface area (Å²) in [6, 6.07) is 3.14. The number of alkyl halides is 9. The zero-order valence-electron chi connectivity index (χ0n) is 17.1. The number of hydrogen-bond acceptors (Lipinski definition) is 2. The monoisotopic (exact) mass is 611 g/mol. The molecule has 2 atom stereocenters. The van der Waals surface area contributed by atoms with Crippen LogP contribution in [0, 0.1) is 3.57 Å². The molecule has 186 valence electrons. The lowest BCUT2D eigenvalue weighted by Gasteiger charge is -2.23. The first-order valence-corrected chi connectivity index (χ1v) is 10.6. The van der Waals surface area contributed by atoms with Crippen molar-refractivity contribution in [3.05, 3.63) is 67.8 Å². The van der Waals surface area contributed by atoms with Crippen LogP contribution in [0.25, 0.3) is 0 Å². The summed E-state index contributed by atoms with van der Waals surface area (Å²) >= 11 is 1.79. The third kappa shape index (κ3) is 5.38. The number of carbonyl (C=O) groups is 1. The Morgan fingerprint density at radius 1 is 0.912 bits per heavy atom. The van der Waals surface area contributed by atoms with Crippen molar-refractivity contribution in [2.75, 3.05) is 6.67 Å². The number of halogens is 10. The summed E-state index contributed by atoms with van der Waals surface area (Å²) in [7, 11) is 0. The molecule has 34 heavy (non-hydrogen) atoms. The van der Waals surface area contributed by atoms with Crippen LogP contribution in [0.4, 0.5) is 44.3 Å². The Morgan fingerprint density at radius 3 is 1.97 bits per heavy atom. The van der Waals surface area contributed by atoms with E-state index >= 15 is 0 Å². The van der Waals surface area contributed by atoms with Crippen molar-refractivity contribution in [3.63, 3.8) is 0 Å². The van der Waals surface area contributed by atoms with Crippen molar-refractivity contribution in [1.29, 1.82) is 0 Å². The van der Waals surface area contributed by atoms with Crippen LogP contribution >= 0.6 is 22.6 Å². The van der Waals surface area contributed by atoms with Gasteiger partial charge in [0.2, 0.25) is 0 Å². The average molecular weight is 611 g/mol. The van der Waals surface area contributed by atoms with Crippen molar-refractivity contribution in [3.8, 4) is 0 Å². The van der Waals surface area contributed by atoms with Crippen molar-refractivity contribution < 1.29 is 49.0 Å². The molecule has 3 nitrogen and oxygen atoms in total. The molecule has 0 unspecified atom stereocenters. The smallest absolute Gasteiger partial charge is 0.416 e. The van der Waals surface area contributed by atoms with Crippen molar-refractivity contribution >= 4 is 28.7 Å². The lowest BCUT2D eigenvalue weighted by molar-refractivity contribution is -0.143. The van der Waals surface area contributed by atoms with Crippen LogP contribution in [-0.2, 0) is 29.6 Å². The fraction of sp³-hybridized carbons (Fsp3) is 0.381. The van der Waals surface area contributed by atoms with Crippen LogP contribution < -0.4 is 0 Å². The molecule has 0 saturated carbocycles. The molecule has 2 aromatic rings. The highest BCUT2D eigenvalue weighted by Crippen LogP contribution is 2.41. The first kappa shape index (κ1) is 26.4. The van der Waals surface area contributed by atoms with Gasteiger partial charge in [-0.05, 0) is 71.0 Å². The summed E-state index contributed by atoms with van der Waals surface area (Å²) in [5, 5.41) is 0. The van der Waals surface area contributed by atoms with Gasteiger partial charge in [0.25, 0.3) is 0 Å². The van der Waals surface area contributed by atoms with Gasteiger partial charge in [-0.25, -0.2) is 9.18 Å². The van der Waals surface area contributed by atoms with E-state index in [9.17, 15) is 44.3 Å². The first-order valence-electron chi connectivity index (χ1n) is 9.54. The van der Waals surface area contributed by atoms with Gasteiger partial charge in [0.1, 0.15) is 6.10 Å². The average Bonchev–Trinajstić information content (AvgIpc) is 3.01. The molecular formula is C21H15F9INO2. The highest BCUT2D eigenvalue weighted by Gasteiger charge is 2.43. The van der Waals surface area contributed by atoms with Crippen LogP contribution in [-0.4, -0.2) is 23.7 Å². The number of cyclic esters (lactones) is 1. The maximum atomic E-state index is 13.7. The Balaban J connectivity index is 1.96. The van der Waals surface area contributed by atoms with E-state index in [0.717, 1.165) is 17.0 Å². The number of amides is 1. The molecule has 1 heterocycles. The van der Waals surface area contributed by atoms with E-state index in [2.05, 4.69) is 0 Å². The molecule has 1 amide bonds. The predicted octanol–water partition coefficient (Wildman–Crippen LogP) is 7.47. The fourth-order valence-electron chi connectivity index (χ4n) is 3.49. The van der Waals surface area contributed by atoms with E-state index in [-0.39, 0.29) is 18.2 Å². The van der Waals surface area contributed by atoms with Gasteiger partial charge in [-0.3, -0.25) is 4.90 Å². The van der Waals surface area contributed by atoms with Gasteiger partial charge in [0.15, 0.2) is 6.67 Å². The normalized spacial score (nSPS) is 19.5. The summed E-state index contributed by atoms with van der Waals surface area (Å²) in [4.78, 5) is 13.4. The number of ether oxygens (including phenoxy) is 1. The molecule has 1 aliphatic heterocycles. The van der Waals surface area contributed by atoms with Crippen molar-refractivity contribution in [2.45, 2.75) is 43.9 Å². The topological polar surface area (TPSA) is 29.5 Å². The lowest BCUT2D eigenvalue weighted by atomic mass is 9.97. The van der Waals surface area contributed by atoms with Gasteiger partial charge < -0.3 is 4.74 Å². The fourth-order valence-corrected chi connectivity index (χ4v) is 3.99. The highest BCUT2D eigenvalue weighted by molar-refractivity contribution is 14.1. The van der Waals surface area contributed by atoms with E-state index in [1.807, 2.05) is 0 Å². The molecule has 0 radical (unpaired) electrons. The molecule has 1 aliphatic rings. The first-order chi connectivity index (χ1) is 15.5. The van der Waals surface area contributed by atoms with Crippen LogP contribution in [0.1, 0.15) is 40.8 Å². The molecule has 0 spiro atoms. The molecular weight excluding hydrogens is 596 g/mol. The minimum Gasteiger partial charge on any atom is -0.439 e. The number of rotatable bonds is 5. The van der Waals surface area contributed by atoms with Crippen molar-refractivity contribution in [2.24, 2.45) is 0 Å². The van der Waals surface area contributed by atoms with E-state index in [0.29, 0.717) is 15.7 Å². The number of benzene rings is 2. The van der Waals surface area contributed by atoms with Crippen molar-refractivity contribution in [1.82, 2.24) is 4.90 Å². The van der Waals surface area contributed by atoms with Crippen LogP contribution in [0.3, 0.4) is 0 Å². The molecule has 0 N–H and O–H groups in total. The Labute approximate surface area is 201 Å². The molecule has 13 heteroatoms. The van der Waals surface area contributed by atoms with E-state index < -0.39 is 65.4 Å². The van der Waals surface area contributed by atoms with E-state index in [1.54, 1.807) is 22.6 Å². The Bertz CT molecular complexity index is 1050. The lowest BCUT2D eigenvalue weighted by Crippen LogP contribution is -2.32. The second-order valence-electron chi connectivity index (χ2n) is 7.66. The van der Waals surface area contributed by atoms with Crippen LogP contribution in [0.2, 0.25) is 0 Å². The predicted molar refractivity (Wildman–Crippen MR) is 110 cm³/mol. The van der Waals surface area contributed by atoms with E-state index in [4.69, 9.17) is 4.74 Å². The summed E-state index contributed by atoms with van der Waals surface area (Å²) in [5.41, 5.74) is -4.10. The molecule has 0 aliphatic carbocycles. The Hall–Kier alpha value is -2.19. The molecule has 0 bridgehead atoms. The third-order valence-electron chi connectivity index (χ3n) is 5.31. The molecule has 3 rings (SSSR count).